The van der Waals surface area contributed by atoms with Gasteiger partial charge in [-0.15, -0.1) is 0 Å². The molecule has 0 saturated carbocycles. The Hall–Kier alpha value is -4.30. The van der Waals surface area contributed by atoms with Gasteiger partial charge in [-0.25, -0.2) is 4.90 Å². The predicted octanol–water partition coefficient (Wildman–Crippen LogP) is 5.39. The van der Waals surface area contributed by atoms with Crippen molar-refractivity contribution in [3.8, 4) is 16.9 Å². The van der Waals surface area contributed by atoms with Gasteiger partial charge < -0.3 is 9.15 Å². The van der Waals surface area contributed by atoms with Gasteiger partial charge in [0.2, 0.25) is 17.4 Å². The molecule has 13 heteroatoms. The van der Waals surface area contributed by atoms with Gasteiger partial charge in [0.05, 0.1) is 22.8 Å². The number of fused-ring (bicyclic) bond motifs is 2. The summed E-state index contributed by atoms with van der Waals surface area (Å²) in [7, 11) is -8.61. The van der Waals surface area contributed by atoms with E-state index >= 15 is 0 Å². The van der Waals surface area contributed by atoms with Crippen LogP contribution in [0.2, 0.25) is 0 Å². The molecule has 3 aromatic carbocycles. The van der Waals surface area contributed by atoms with E-state index in [1.807, 2.05) is 60.0 Å². The van der Waals surface area contributed by atoms with Gasteiger partial charge in [0.1, 0.15) is 0 Å². The van der Waals surface area contributed by atoms with Crippen molar-refractivity contribution >= 4 is 49.0 Å². The van der Waals surface area contributed by atoms with E-state index in [9.17, 15) is 30.7 Å². The average Bonchev–Trinajstić information content (AvgIpc) is 3.54. The molecule has 0 radical (unpaired) electrons. The third-order valence-corrected chi connectivity index (χ3v) is 9.47. The lowest BCUT2D eigenvalue weighted by Gasteiger charge is -2.16. The molecule has 11 nitrogen and oxygen atoms in total. The summed E-state index contributed by atoms with van der Waals surface area (Å²) in [5.74, 6) is -0.346. The maximum atomic E-state index is 13.2. The highest BCUT2D eigenvalue weighted by molar-refractivity contribution is 7.86. The molecule has 1 amide bonds. The Morgan fingerprint density at radius 1 is 0.978 bits per heavy atom. The summed E-state index contributed by atoms with van der Waals surface area (Å²) in [6, 6.07) is 22.3. The molecule has 0 bridgehead atoms. The van der Waals surface area contributed by atoms with Crippen LogP contribution in [-0.4, -0.2) is 42.9 Å². The lowest BCUT2D eigenvalue weighted by Crippen LogP contribution is -2.37. The third kappa shape index (κ3) is 7.51. The van der Waals surface area contributed by atoms with Crippen molar-refractivity contribution in [1.82, 2.24) is 0 Å². The van der Waals surface area contributed by atoms with Crippen LogP contribution in [-0.2, 0) is 31.6 Å². The summed E-state index contributed by atoms with van der Waals surface area (Å²) in [5, 5.41) is -1.01. The topological polar surface area (TPSA) is 155 Å². The summed E-state index contributed by atoms with van der Waals surface area (Å²) in [4.78, 5) is 14.4. The molecule has 1 aromatic heterocycles. The Bertz CT molecular complexity index is 2020. The first-order chi connectivity index (χ1) is 21.3. The Kier molecular flexibility index (Phi) is 9.26. The summed E-state index contributed by atoms with van der Waals surface area (Å²) in [6.07, 6.45) is 3.55. The number of carbonyl (C=O) groups is 1. The number of aryl methyl sites for hydroxylation is 1. The molecule has 0 aliphatic carbocycles. The monoisotopic (exact) mass is 653 g/mol. The number of amides is 1. The highest BCUT2D eigenvalue weighted by atomic mass is 32.2. The van der Waals surface area contributed by atoms with E-state index in [1.54, 1.807) is 36.4 Å². The van der Waals surface area contributed by atoms with Gasteiger partial charge in [0.25, 0.3) is 25.8 Å². The van der Waals surface area contributed by atoms with Crippen LogP contribution in [0.25, 0.3) is 28.3 Å². The van der Waals surface area contributed by atoms with Crippen LogP contribution in [0.3, 0.4) is 0 Å². The number of para-hydroxylation sites is 2. The van der Waals surface area contributed by atoms with Gasteiger partial charge in [0.15, 0.2) is 12.3 Å². The zero-order valence-electron chi connectivity index (χ0n) is 24.7. The van der Waals surface area contributed by atoms with E-state index < -0.39 is 43.6 Å². The molecule has 45 heavy (non-hydrogen) atoms. The van der Waals surface area contributed by atoms with Crippen LogP contribution in [0, 0.1) is 0 Å². The highest BCUT2D eigenvalue weighted by Gasteiger charge is 2.32. The first-order valence-corrected chi connectivity index (χ1v) is 17.4. The Morgan fingerprint density at radius 2 is 1.69 bits per heavy atom. The van der Waals surface area contributed by atoms with Gasteiger partial charge in [-0.1, -0.05) is 55.5 Å². The molecule has 4 aromatic rings. The highest BCUT2D eigenvalue weighted by Crippen LogP contribution is 2.39. The fraction of sp³-hybridized carbons (Fsp3) is 0.250. The minimum absolute atomic E-state index is 0.117. The van der Waals surface area contributed by atoms with Crippen LogP contribution in [0.4, 0.5) is 5.69 Å². The summed E-state index contributed by atoms with van der Waals surface area (Å²) >= 11 is 0. The van der Waals surface area contributed by atoms with Crippen molar-refractivity contribution in [3.63, 3.8) is 0 Å². The molecule has 0 saturated heterocycles. The third-order valence-electron chi connectivity index (χ3n) is 7.50. The minimum atomic E-state index is -4.36. The summed E-state index contributed by atoms with van der Waals surface area (Å²) < 4.78 is 79.1. The van der Waals surface area contributed by atoms with Crippen molar-refractivity contribution in [2.24, 2.45) is 0 Å². The number of hydrogen-bond acceptors (Lipinski definition) is 7. The number of oxazole rings is 1. The van der Waals surface area contributed by atoms with Crippen LogP contribution < -0.4 is 14.2 Å². The molecule has 236 valence electrons. The molecule has 1 atom stereocenters. The van der Waals surface area contributed by atoms with Crippen molar-refractivity contribution in [1.29, 1.82) is 0 Å². The average molecular weight is 654 g/mol. The van der Waals surface area contributed by atoms with Gasteiger partial charge >= 0.3 is 5.89 Å². The van der Waals surface area contributed by atoms with Crippen LogP contribution in [0.5, 0.6) is 5.75 Å². The normalized spacial score (nSPS) is 15.3. The fourth-order valence-corrected chi connectivity index (χ4v) is 5.79. The van der Waals surface area contributed by atoms with Crippen molar-refractivity contribution in [2.75, 3.05) is 10.7 Å². The van der Waals surface area contributed by atoms with E-state index in [2.05, 4.69) is 0 Å². The largest absolute Gasteiger partial charge is 0.438 e. The van der Waals surface area contributed by atoms with E-state index in [1.165, 1.54) is 11.8 Å². The maximum absolute atomic E-state index is 13.2. The molecular formula is C32H33N2O9S2+. The number of ether oxygens (including phenoxy) is 1. The number of benzene rings is 3. The smallest absolute Gasteiger partial charge is 0.374 e. The van der Waals surface area contributed by atoms with E-state index in [0.29, 0.717) is 34.9 Å². The van der Waals surface area contributed by atoms with E-state index in [4.69, 9.17) is 9.15 Å². The Morgan fingerprint density at radius 3 is 2.38 bits per heavy atom. The van der Waals surface area contributed by atoms with Crippen LogP contribution >= 0.6 is 0 Å². The molecule has 1 aliphatic heterocycles. The van der Waals surface area contributed by atoms with Crippen molar-refractivity contribution in [2.45, 2.75) is 44.9 Å². The standard InChI is InChI=1S/C32H32N2O9S2/c1-3-23(20-32-34(30(35)16-18-44(36,37)38)26-11-7-8-12-28(26)43-32)19-31-33(17-15-22(2)45(39,40)41)27-21-25(13-14-29(27)42-31)24-9-5-4-6-10-24/h4-14,19-22H,3,15-18H2,1-2H3,(H-,36,37,38,39,40,41)/p+1. The Labute approximate surface area is 261 Å². The number of rotatable bonds is 11. The molecule has 5 rings (SSSR count). The SMILES string of the molecule is CCC(=Cc1oc2ccc(-c3ccccc3)cc2[n+]1CCC(C)S(=O)(=O)O)C=C1Oc2ccccc2N1C(=O)CCS(=O)(=O)O. The second-order valence-corrected chi connectivity index (χ2v) is 14.1. The van der Waals surface area contributed by atoms with E-state index in [-0.39, 0.29) is 18.8 Å². The van der Waals surface area contributed by atoms with Gasteiger partial charge in [-0.05, 0) is 48.2 Å². The lowest BCUT2D eigenvalue weighted by atomic mass is 10.1. The Balaban J connectivity index is 1.57. The number of carbonyl (C=O) groups excluding carboxylic acids is 1. The van der Waals surface area contributed by atoms with E-state index in [0.717, 1.165) is 16.6 Å². The van der Waals surface area contributed by atoms with Gasteiger partial charge in [-0.2, -0.15) is 21.4 Å². The maximum Gasteiger partial charge on any atom is 0.374 e. The fourth-order valence-electron chi connectivity index (χ4n) is 4.96. The van der Waals surface area contributed by atoms with Crippen LogP contribution in [0.1, 0.15) is 39.0 Å². The quantitative estimate of drug-likeness (QED) is 0.160. The van der Waals surface area contributed by atoms with Crippen molar-refractivity contribution in [3.05, 3.63) is 96.2 Å². The first-order valence-electron chi connectivity index (χ1n) is 14.3. The van der Waals surface area contributed by atoms with Gasteiger partial charge in [0, 0.05) is 25.0 Å². The lowest BCUT2D eigenvalue weighted by molar-refractivity contribution is -0.678. The van der Waals surface area contributed by atoms with Gasteiger partial charge in [-0.3, -0.25) is 13.9 Å². The number of nitrogens with zero attached hydrogens (tertiary/aromatic N) is 2. The number of hydrogen-bond donors (Lipinski definition) is 2. The number of anilines is 1. The molecule has 2 heterocycles. The molecule has 2 N–H and O–H groups in total. The van der Waals surface area contributed by atoms with Crippen LogP contribution in [0.15, 0.2) is 94.7 Å². The number of aromatic nitrogens is 1. The molecule has 0 spiro atoms. The predicted molar refractivity (Wildman–Crippen MR) is 169 cm³/mol. The summed E-state index contributed by atoms with van der Waals surface area (Å²) in [6.45, 7) is 3.55. The zero-order chi connectivity index (χ0) is 32.4. The van der Waals surface area contributed by atoms with Crippen molar-refractivity contribution < 1.29 is 44.5 Å². The zero-order valence-corrected chi connectivity index (χ0v) is 26.3. The second-order valence-electron chi connectivity index (χ2n) is 10.6. The molecule has 1 unspecified atom stereocenters. The molecular weight excluding hydrogens is 620 g/mol. The summed E-state index contributed by atoms with van der Waals surface area (Å²) in [5.41, 5.74) is 4.33. The molecule has 1 aliphatic rings. The molecule has 0 fully saturated rings. The number of allylic oxidation sites excluding steroid dienone is 2. The first kappa shape index (κ1) is 32.1. The minimum Gasteiger partial charge on any atom is -0.438 e. The second kappa shape index (κ2) is 13.0.